The predicted molar refractivity (Wildman–Crippen MR) is 135 cm³/mol. The molecule has 0 bridgehead atoms. The molecule has 0 spiro atoms. The summed E-state index contributed by atoms with van der Waals surface area (Å²) in [6.07, 6.45) is 2.53. The summed E-state index contributed by atoms with van der Waals surface area (Å²) in [4.78, 5) is 39.0. The summed E-state index contributed by atoms with van der Waals surface area (Å²) < 4.78 is 5.56. The second-order valence-corrected chi connectivity index (χ2v) is 9.84. The normalized spacial score (nSPS) is 18.1. The number of amides is 1. The van der Waals surface area contributed by atoms with Crippen LogP contribution in [-0.4, -0.2) is 106 Å². The number of morpholine rings is 1. The highest BCUT2D eigenvalue weighted by Crippen LogP contribution is 2.34. The summed E-state index contributed by atoms with van der Waals surface area (Å²) in [6.45, 7) is 8.02. The lowest BCUT2D eigenvalue weighted by Gasteiger charge is -2.35. The van der Waals surface area contributed by atoms with Gasteiger partial charge in [0.2, 0.25) is 5.95 Å². The number of carbonyl (C=O) groups is 1. The molecule has 186 valence electrons. The number of nitrogens with zero attached hydrogens (tertiary/aromatic N) is 7. The van der Waals surface area contributed by atoms with E-state index in [2.05, 4.69) is 31.2 Å². The lowest BCUT2D eigenvalue weighted by molar-refractivity contribution is -0.141. The number of ether oxygens (including phenoxy) is 1. The van der Waals surface area contributed by atoms with Gasteiger partial charge in [0.05, 0.1) is 24.2 Å². The monoisotopic (exact) mass is 498 g/mol. The van der Waals surface area contributed by atoms with Gasteiger partial charge in [-0.3, -0.25) is 9.69 Å². The number of carbonyl (C=O) groups excluding carboxylic acids is 1. The van der Waals surface area contributed by atoms with Crippen molar-refractivity contribution in [1.82, 2.24) is 29.7 Å². The Hall–Kier alpha value is -2.93. The van der Waals surface area contributed by atoms with Crippen LogP contribution in [0.1, 0.15) is 11.8 Å². The van der Waals surface area contributed by atoms with Crippen LogP contribution < -0.4 is 10.2 Å². The first-order valence-corrected chi connectivity index (χ1v) is 12.7. The largest absolute Gasteiger partial charge is 0.384 e. The molecule has 5 rings (SSSR count). The van der Waals surface area contributed by atoms with Gasteiger partial charge in [0, 0.05) is 70.1 Å². The number of rotatable bonds is 6. The van der Waals surface area contributed by atoms with Gasteiger partial charge in [-0.25, -0.2) is 19.9 Å². The lowest BCUT2D eigenvalue weighted by Crippen LogP contribution is -2.50. The van der Waals surface area contributed by atoms with Gasteiger partial charge >= 0.3 is 0 Å². The maximum atomic E-state index is 12.1. The zero-order valence-electron chi connectivity index (χ0n) is 20.0. The predicted octanol–water partition coefficient (Wildman–Crippen LogP) is 1.05. The number of piperazine rings is 1. The van der Waals surface area contributed by atoms with Gasteiger partial charge in [0.25, 0.3) is 5.91 Å². The maximum Gasteiger partial charge on any atom is 0.251 e. The van der Waals surface area contributed by atoms with E-state index in [0.29, 0.717) is 38.1 Å². The van der Waals surface area contributed by atoms with Crippen LogP contribution in [-0.2, 0) is 16.1 Å². The number of aromatic nitrogens is 4. The minimum Gasteiger partial charge on any atom is -0.384 e. The molecule has 2 aliphatic heterocycles. The molecule has 0 saturated carbocycles. The second kappa shape index (κ2) is 10.4. The molecule has 0 aliphatic carbocycles. The number of anilines is 2. The molecule has 11 nitrogen and oxygen atoms in total. The van der Waals surface area contributed by atoms with Gasteiger partial charge in [-0.05, 0) is 13.0 Å². The molecule has 12 heteroatoms. The fraction of sp³-hybridized carbons (Fsp3) is 0.522. The summed E-state index contributed by atoms with van der Waals surface area (Å²) in [5, 5.41) is 13.6. The summed E-state index contributed by atoms with van der Waals surface area (Å²) in [5.41, 5.74) is 0.772. The molecule has 1 atom stereocenters. The lowest BCUT2D eigenvalue weighted by atomic mass is 10.2. The Labute approximate surface area is 207 Å². The summed E-state index contributed by atoms with van der Waals surface area (Å²) in [7, 11) is 1.78. The number of nitrogens with one attached hydrogen (secondary N) is 1. The quantitative estimate of drug-likeness (QED) is 0.510. The molecule has 5 heterocycles. The molecule has 3 aromatic rings. The Morgan fingerprint density at radius 2 is 1.86 bits per heavy atom. The van der Waals surface area contributed by atoms with E-state index in [1.165, 1.54) is 11.8 Å². The van der Waals surface area contributed by atoms with E-state index in [9.17, 15) is 9.90 Å². The fourth-order valence-electron chi connectivity index (χ4n) is 4.36. The first-order chi connectivity index (χ1) is 17.0. The molecule has 2 aliphatic rings. The van der Waals surface area contributed by atoms with Crippen molar-refractivity contribution in [2.24, 2.45) is 0 Å². The van der Waals surface area contributed by atoms with Crippen molar-refractivity contribution < 1.29 is 14.6 Å². The minimum absolute atomic E-state index is 0.198. The van der Waals surface area contributed by atoms with E-state index < -0.39 is 6.10 Å². The van der Waals surface area contributed by atoms with Gasteiger partial charge in [-0.2, -0.15) is 0 Å². The van der Waals surface area contributed by atoms with Gasteiger partial charge < -0.3 is 25.0 Å². The van der Waals surface area contributed by atoms with Gasteiger partial charge in [-0.1, -0.05) is 0 Å². The molecular formula is C23H30N8O3S. The average Bonchev–Trinajstić information content (AvgIpc) is 3.31. The topological polar surface area (TPSA) is 120 Å². The molecule has 35 heavy (non-hydrogen) atoms. The van der Waals surface area contributed by atoms with Crippen molar-refractivity contribution in [1.29, 1.82) is 0 Å². The third-order valence-corrected chi connectivity index (χ3v) is 7.30. The number of hydrogen-bond donors (Lipinski definition) is 2. The molecule has 3 aromatic heterocycles. The van der Waals surface area contributed by atoms with Gasteiger partial charge in [-0.15, -0.1) is 11.3 Å². The van der Waals surface area contributed by atoms with Crippen molar-refractivity contribution in [3.05, 3.63) is 23.3 Å². The van der Waals surface area contributed by atoms with Crippen LogP contribution in [0.2, 0.25) is 0 Å². The van der Waals surface area contributed by atoms with Crippen LogP contribution in [0.25, 0.3) is 21.6 Å². The number of aliphatic hydroxyl groups excluding tert-OH is 1. The SMILES string of the molecule is CNc1ncc(-c2nc(N3CCOCC3)c3cc(CN4CCN(C(=O)C(C)O)CC4)sc3n2)cn1. The molecular weight excluding hydrogens is 468 g/mol. The molecule has 2 N–H and O–H groups in total. The Kier molecular flexibility index (Phi) is 7.04. The van der Waals surface area contributed by atoms with Crippen LogP contribution in [0.15, 0.2) is 18.5 Å². The zero-order chi connectivity index (χ0) is 24.4. The number of thiophene rings is 1. The summed E-state index contributed by atoms with van der Waals surface area (Å²) in [6, 6.07) is 2.20. The van der Waals surface area contributed by atoms with Crippen LogP contribution in [0, 0.1) is 0 Å². The Balaban J connectivity index is 1.41. The number of fused-ring (bicyclic) bond motifs is 1. The second-order valence-electron chi connectivity index (χ2n) is 8.72. The number of aliphatic hydroxyl groups is 1. The Morgan fingerprint density at radius 1 is 1.14 bits per heavy atom. The first kappa shape index (κ1) is 23.8. The smallest absolute Gasteiger partial charge is 0.251 e. The highest BCUT2D eigenvalue weighted by molar-refractivity contribution is 7.18. The van der Waals surface area contributed by atoms with E-state index >= 15 is 0 Å². The van der Waals surface area contributed by atoms with Crippen molar-refractivity contribution in [3.63, 3.8) is 0 Å². The molecule has 1 amide bonds. The Bertz CT molecular complexity index is 1170. The molecule has 0 aromatic carbocycles. The fourth-order valence-corrected chi connectivity index (χ4v) is 5.43. The highest BCUT2D eigenvalue weighted by atomic mass is 32.1. The van der Waals surface area contributed by atoms with E-state index in [0.717, 1.165) is 54.3 Å². The summed E-state index contributed by atoms with van der Waals surface area (Å²) >= 11 is 1.67. The first-order valence-electron chi connectivity index (χ1n) is 11.8. The van der Waals surface area contributed by atoms with E-state index in [-0.39, 0.29) is 5.91 Å². The Morgan fingerprint density at radius 3 is 2.51 bits per heavy atom. The van der Waals surface area contributed by atoms with E-state index in [4.69, 9.17) is 14.7 Å². The highest BCUT2D eigenvalue weighted by Gasteiger charge is 2.25. The van der Waals surface area contributed by atoms with Crippen molar-refractivity contribution in [3.8, 4) is 11.4 Å². The van der Waals surface area contributed by atoms with Crippen LogP contribution in [0.5, 0.6) is 0 Å². The zero-order valence-corrected chi connectivity index (χ0v) is 20.8. The van der Waals surface area contributed by atoms with Crippen molar-refractivity contribution >= 4 is 39.2 Å². The standard InChI is InChI=1S/C23H30N8O3S/c1-15(32)22(33)31-5-3-29(4-6-31)14-17-11-18-20(30-7-9-34-10-8-30)27-19(28-21(18)35-17)16-12-25-23(24-2)26-13-16/h11-13,15,32H,3-10,14H2,1-2H3,(H,24,25,26). The number of hydrogen-bond acceptors (Lipinski definition) is 11. The minimum atomic E-state index is -0.949. The van der Waals surface area contributed by atoms with Crippen molar-refractivity contribution in [2.45, 2.75) is 19.6 Å². The van der Waals surface area contributed by atoms with Gasteiger partial charge in [0.1, 0.15) is 16.8 Å². The van der Waals surface area contributed by atoms with Crippen LogP contribution in [0.3, 0.4) is 0 Å². The van der Waals surface area contributed by atoms with Crippen LogP contribution >= 0.6 is 11.3 Å². The van der Waals surface area contributed by atoms with E-state index in [1.54, 1.807) is 35.7 Å². The molecule has 0 radical (unpaired) electrons. The maximum absolute atomic E-state index is 12.1. The molecule has 2 fully saturated rings. The third-order valence-electron chi connectivity index (χ3n) is 6.29. The van der Waals surface area contributed by atoms with E-state index in [1.807, 2.05) is 0 Å². The third kappa shape index (κ3) is 5.20. The van der Waals surface area contributed by atoms with Crippen LogP contribution in [0.4, 0.5) is 11.8 Å². The molecule has 2 saturated heterocycles. The molecule has 1 unspecified atom stereocenters. The van der Waals surface area contributed by atoms with Crippen molar-refractivity contribution in [2.75, 3.05) is 69.7 Å². The van der Waals surface area contributed by atoms with Gasteiger partial charge in [0.15, 0.2) is 5.82 Å². The summed E-state index contributed by atoms with van der Waals surface area (Å²) in [5.74, 6) is 1.88. The average molecular weight is 499 g/mol.